The van der Waals surface area contributed by atoms with Crippen LogP contribution in [-0.2, 0) is 14.4 Å². The van der Waals surface area contributed by atoms with Crippen LogP contribution in [0.5, 0.6) is 0 Å². The van der Waals surface area contributed by atoms with Crippen molar-refractivity contribution in [2.24, 2.45) is 0 Å². The van der Waals surface area contributed by atoms with Gasteiger partial charge in [0.2, 0.25) is 0 Å². The fourth-order valence-electron chi connectivity index (χ4n) is 0.364. The summed E-state index contributed by atoms with van der Waals surface area (Å²) >= 11 is 0. The summed E-state index contributed by atoms with van der Waals surface area (Å²) in [7, 11) is 0. The summed E-state index contributed by atoms with van der Waals surface area (Å²) in [6.07, 6.45) is -18.0. The maximum atomic E-state index is 11.3. The molecule has 0 rings (SSSR count). The molecule has 0 atom stereocenters. The molecule has 0 heterocycles. The van der Waals surface area contributed by atoms with E-state index in [0.717, 1.165) is 0 Å². The Labute approximate surface area is 198 Å². The summed E-state index contributed by atoms with van der Waals surface area (Å²) in [5, 5.41) is 21.9. The number of hydrogen-bond acceptors (Lipinski definition) is 3. The molecular formula is C9H3EuF15O6. The average Bonchev–Trinajstić information content (AvgIpc) is 2.44. The van der Waals surface area contributed by atoms with E-state index < -0.39 is 54.2 Å². The third kappa shape index (κ3) is 10.9. The molecule has 0 aromatic rings. The SMILES string of the molecule is O=C(O)C(F)(F)C(F)(F)F.O=C(O)C(F)(F)C(F)(F)F.O=C(O)C(F)(F)C(F)(F)F.[Eu]. The molecule has 0 saturated carbocycles. The van der Waals surface area contributed by atoms with Gasteiger partial charge in [-0.3, -0.25) is 0 Å². The second kappa shape index (κ2) is 11.7. The van der Waals surface area contributed by atoms with Crippen LogP contribution in [0.1, 0.15) is 0 Å². The van der Waals surface area contributed by atoms with Crippen molar-refractivity contribution >= 4 is 17.9 Å². The van der Waals surface area contributed by atoms with E-state index in [-0.39, 0.29) is 49.4 Å². The number of aliphatic carboxylic acids is 3. The van der Waals surface area contributed by atoms with E-state index in [2.05, 4.69) is 0 Å². The van der Waals surface area contributed by atoms with Gasteiger partial charge in [-0.25, -0.2) is 14.4 Å². The van der Waals surface area contributed by atoms with Crippen molar-refractivity contribution in [1.29, 1.82) is 0 Å². The summed E-state index contributed by atoms with van der Waals surface area (Å²) < 4.78 is 167. The Morgan fingerprint density at radius 1 is 0.387 bits per heavy atom. The first-order chi connectivity index (χ1) is 12.6. The van der Waals surface area contributed by atoms with Gasteiger partial charge in [0.1, 0.15) is 0 Å². The van der Waals surface area contributed by atoms with Gasteiger partial charge in [0, 0.05) is 49.4 Å². The number of carboxylic acid groups (broad SMARTS) is 3. The van der Waals surface area contributed by atoms with Gasteiger partial charge in [0.25, 0.3) is 0 Å². The molecule has 0 spiro atoms. The monoisotopic (exact) mass is 645 g/mol. The van der Waals surface area contributed by atoms with Gasteiger partial charge >= 0.3 is 54.2 Å². The summed E-state index contributed by atoms with van der Waals surface area (Å²) in [4.78, 5) is 27.6. The predicted molar refractivity (Wildman–Crippen MR) is 55.9 cm³/mol. The second-order valence-corrected chi connectivity index (χ2v) is 4.13. The van der Waals surface area contributed by atoms with E-state index in [1.54, 1.807) is 0 Å². The number of alkyl halides is 15. The maximum Gasteiger partial charge on any atom is 0.465 e. The number of halogens is 15. The van der Waals surface area contributed by atoms with E-state index >= 15 is 0 Å². The number of carbonyl (C=O) groups is 3. The molecule has 0 aromatic heterocycles. The number of carboxylic acids is 3. The summed E-state index contributed by atoms with van der Waals surface area (Å²) in [5.41, 5.74) is 0. The number of rotatable bonds is 3. The molecule has 0 saturated heterocycles. The normalized spacial score (nSPS) is 12.9. The van der Waals surface area contributed by atoms with E-state index in [1.165, 1.54) is 0 Å². The molecular weight excluding hydrogens is 641 g/mol. The van der Waals surface area contributed by atoms with Crippen LogP contribution in [0.4, 0.5) is 65.9 Å². The molecule has 0 unspecified atom stereocenters. The average molecular weight is 644 g/mol. The van der Waals surface area contributed by atoms with E-state index in [9.17, 15) is 80.2 Å². The first-order valence-electron chi connectivity index (χ1n) is 5.62. The molecule has 0 aliphatic heterocycles. The molecule has 6 nitrogen and oxygen atoms in total. The first kappa shape index (κ1) is 37.3. The van der Waals surface area contributed by atoms with Crippen molar-refractivity contribution in [1.82, 2.24) is 0 Å². The minimum Gasteiger partial charge on any atom is -0.477 e. The van der Waals surface area contributed by atoms with Gasteiger partial charge in [-0.1, -0.05) is 0 Å². The standard InChI is InChI=1S/3C3HF5O2.Eu/c3*4-2(5,1(9)10)3(6,7)8;/h3*(H,9,10);. The molecule has 31 heavy (non-hydrogen) atoms. The van der Waals surface area contributed by atoms with Gasteiger partial charge in [0.15, 0.2) is 0 Å². The molecule has 0 bridgehead atoms. The van der Waals surface area contributed by atoms with Crippen molar-refractivity contribution in [2.45, 2.75) is 36.3 Å². The van der Waals surface area contributed by atoms with Crippen LogP contribution in [0.15, 0.2) is 0 Å². The van der Waals surface area contributed by atoms with Crippen LogP contribution in [-0.4, -0.2) is 69.5 Å². The van der Waals surface area contributed by atoms with Gasteiger partial charge < -0.3 is 15.3 Å². The molecule has 22 heteroatoms. The third-order valence-corrected chi connectivity index (χ3v) is 1.87. The van der Waals surface area contributed by atoms with Crippen molar-refractivity contribution in [3.05, 3.63) is 0 Å². The van der Waals surface area contributed by atoms with Gasteiger partial charge in [-0.2, -0.15) is 65.9 Å². The van der Waals surface area contributed by atoms with Gasteiger partial charge in [-0.05, 0) is 0 Å². The summed E-state index contributed by atoms with van der Waals surface area (Å²) in [6, 6.07) is 0. The molecule has 0 fully saturated rings. The van der Waals surface area contributed by atoms with Crippen LogP contribution in [0, 0.1) is 49.4 Å². The Hall–Kier alpha value is -1.06. The zero-order valence-electron chi connectivity index (χ0n) is 13.1. The molecule has 0 aliphatic carbocycles. The largest absolute Gasteiger partial charge is 0.477 e. The van der Waals surface area contributed by atoms with Gasteiger partial charge in [-0.15, -0.1) is 0 Å². The Kier molecular flexibility index (Phi) is 14.1. The fraction of sp³-hybridized carbons (Fsp3) is 0.667. The quantitative estimate of drug-likeness (QED) is 0.404. The van der Waals surface area contributed by atoms with Crippen LogP contribution in [0.3, 0.4) is 0 Å². The Bertz CT molecular complexity index is 534. The minimum absolute atomic E-state index is 0. The van der Waals surface area contributed by atoms with Crippen LogP contribution in [0.25, 0.3) is 0 Å². The van der Waals surface area contributed by atoms with E-state index in [1.807, 2.05) is 0 Å². The molecule has 3 N–H and O–H groups in total. The third-order valence-electron chi connectivity index (χ3n) is 1.87. The topological polar surface area (TPSA) is 112 Å². The molecule has 187 valence electrons. The fourth-order valence-corrected chi connectivity index (χ4v) is 0.364. The Morgan fingerprint density at radius 3 is 0.484 bits per heavy atom. The molecule has 0 amide bonds. The predicted octanol–water partition coefficient (Wildman–Crippen LogP) is 3.81. The van der Waals surface area contributed by atoms with Crippen LogP contribution < -0.4 is 0 Å². The summed E-state index contributed by atoms with van der Waals surface area (Å²) in [5.74, 6) is -26.5. The first-order valence-corrected chi connectivity index (χ1v) is 5.62. The van der Waals surface area contributed by atoms with E-state index in [0.29, 0.717) is 0 Å². The Morgan fingerprint density at radius 2 is 0.484 bits per heavy atom. The van der Waals surface area contributed by atoms with Gasteiger partial charge in [0.05, 0.1) is 0 Å². The minimum atomic E-state index is -6.02. The zero-order chi connectivity index (χ0) is 25.7. The smallest absolute Gasteiger partial charge is 0.465 e. The van der Waals surface area contributed by atoms with Crippen LogP contribution in [0.2, 0.25) is 0 Å². The van der Waals surface area contributed by atoms with E-state index in [4.69, 9.17) is 15.3 Å². The van der Waals surface area contributed by atoms with Crippen LogP contribution >= 0.6 is 0 Å². The van der Waals surface area contributed by atoms with Crippen molar-refractivity contribution in [2.75, 3.05) is 0 Å². The maximum absolute atomic E-state index is 11.3. The molecule has 0 aliphatic rings. The zero-order valence-corrected chi connectivity index (χ0v) is 15.5. The van der Waals surface area contributed by atoms with Crippen molar-refractivity contribution in [3.63, 3.8) is 0 Å². The summed E-state index contributed by atoms with van der Waals surface area (Å²) in [6.45, 7) is 0. The second-order valence-electron chi connectivity index (χ2n) is 4.13. The number of hydrogen-bond donors (Lipinski definition) is 3. The Balaban J connectivity index is -0.000000174. The molecule has 0 aromatic carbocycles. The molecule has 1 radical (unpaired) electrons. The van der Waals surface area contributed by atoms with Crippen molar-refractivity contribution < 1.29 is 145 Å². The van der Waals surface area contributed by atoms with Crippen molar-refractivity contribution in [3.8, 4) is 0 Å².